The van der Waals surface area contributed by atoms with Gasteiger partial charge in [-0.1, -0.05) is 42.5 Å². The van der Waals surface area contributed by atoms with Crippen LogP contribution in [0.5, 0.6) is 0 Å². The molecule has 0 aliphatic heterocycles. The number of hydrogen-bond acceptors (Lipinski definition) is 2. The maximum atomic E-state index is 12.7. The van der Waals surface area contributed by atoms with Gasteiger partial charge in [0.2, 0.25) is 0 Å². The van der Waals surface area contributed by atoms with E-state index < -0.39 is 5.97 Å². The van der Waals surface area contributed by atoms with Gasteiger partial charge < -0.3 is 10.4 Å². The molecule has 0 aliphatic carbocycles. The minimum absolute atomic E-state index is 0.0346. The highest BCUT2D eigenvalue weighted by Gasteiger charge is 2.21. The summed E-state index contributed by atoms with van der Waals surface area (Å²) in [7, 11) is 0. The highest BCUT2D eigenvalue weighted by molar-refractivity contribution is 5.92. The lowest BCUT2D eigenvalue weighted by molar-refractivity contribution is -0.136. The average molecular weight is 340 g/mol. The zero-order valence-electron chi connectivity index (χ0n) is 14.8. The zero-order valence-corrected chi connectivity index (χ0v) is 14.8. The molecule has 5 heteroatoms. The van der Waals surface area contributed by atoms with E-state index in [4.69, 9.17) is 5.11 Å². The Morgan fingerprint density at radius 1 is 0.960 bits per heavy atom. The van der Waals surface area contributed by atoms with Gasteiger partial charge in [0.15, 0.2) is 0 Å². The van der Waals surface area contributed by atoms with Crippen molar-refractivity contribution in [2.24, 2.45) is 0 Å². The number of carboxylic acid groups (broad SMARTS) is 1. The zero-order chi connectivity index (χ0) is 18.4. The molecule has 0 saturated carbocycles. The van der Waals surface area contributed by atoms with Crippen LogP contribution in [-0.2, 0) is 17.8 Å². The van der Waals surface area contributed by atoms with Gasteiger partial charge in [-0.2, -0.15) is 0 Å². The van der Waals surface area contributed by atoms with Gasteiger partial charge in [-0.3, -0.25) is 9.69 Å². The fourth-order valence-electron chi connectivity index (χ4n) is 2.40. The molecule has 25 heavy (non-hydrogen) atoms. The van der Waals surface area contributed by atoms with Crippen LogP contribution in [0.25, 0.3) is 0 Å². The van der Waals surface area contributed by atoms with Gasteiger partial charge >= 0.3 is 12.0 Å². The summed E-state index contributed by atoms with van der Waals surface area (Å²) in [5, 5.41) is 11.9. The number of carboxylic acids is 1. The summed E-state index contributed by atoms with van der Waals surface area (Å²) in [5.41, 5.74) is 2.09. The number of nitrogens with zero attached hydrogens (tertiary/aromatic N) is 1. The topological polar surface area (TPSA) is 69.6 Å². The van der Waals surface area contributed by atoms with Crippen molar-refractivity contribution in [3.05, 3.63) is 65.7 Å². The maximum Gasteiger partial charge on any atom is 0.322 e. The standard InChI is InChI=1S/C20H24N2O3/c1-20(2,3)21-19(25)22(14-16-7-5-4-6-8-16)17-11-9-15(10-12-17)13-18(23)24/h4-12H,13-14H2,1-3H3,(H,21,25)(H,23,24). The van der Waals surface area contributed by atoms with Gasteiger partial charge in [-0.15, -0.1) is 0 Å². The molecule has 2 amide bonds. The fourth-order valence-corrected chi connectivity index (χ4v) is 2.40. The Morgan fingerprint density at radius 2 is 1.56 bits per heavy atom. The number of aliphatic carboxylic acids is 1. The van der Waals surface area contributed by atoms with Crippen LogP contribution in [0.15, 0.2) is 54.6 Å². The van der Waals surface area contributed by atoms with Gasteiger partial charge in [0, 0.05) is 11.2 Å². The number of urea groups is 1. The van der Waals surface area contributed by atoms with Crippen LogP contribution in [0, 0.1) is 0 Å². The highest BCUT2D eigenvalue weighted by Crippen LogP contribution is 2.20. The van der Waals surface area contributed by atoms with E-state index in [9.17, 15) is 9.59 Å². The number of hydrogen-bond donors (Lipinski definition) is 2. The van der Waals surface area contributed by atoms with Gasteiger partial charge in [-0.05, 0) is 44.0 Å². The molecule has 2 aromatic carbocycles. The van der Waals surface area contributed by atoms with Gasteiger partial charge in [0.1, 0.15) is 0 Å². The van der Waals surface area contributed by atoms with Crippen LogP contribution < -0.4 is 10.2 Å². The van der Waals surface area contributed by atoms with Crippen LogP contribution >= 0.6 is 0 Å². The summed E-state index contributed by atoms with van der Waals surface area (Å²) in [5.74, 6) is -0.876. The van der Waals surface area contributed by atoms with Crippen molar-refractivity contribution < 1.29 is 14.7 Å². The number of amides is 2. The first-order valence-electron chi connectivity index (χ1n) is 8.19. The monoisotopic (exact) mass is 340 g/mol. The van der Waals surface area contributed by atoms with Crippen LogP contribution in [-0.4, -0.2) is 22.6 Å². The second-order valence-corrected chi connectivity index (χ2v) is 6.99. The summed E-state index contributed by atoms with van der Waals surface area (Å²) in [6.45, 7) is 6.23. The lowest BCUT2D eigenvalue weighted by atomic mass is 10.1. The SMILES string of the molecule is CC(C)(C)NC(=O)N(Cc1ccccc1)c1ccc(CC(=O)O)cc1. The smallest absolute Gasteiger partial charge is 0.322 e. The maximum absolute atomic E-state index is 12.7. The van der Waals surface area contributed by atoms with Gasteiger partial charge in [-0.25, -0.2) is 4.79 Å². The van der Waals surface area contributed by atoms with Crippen molar-refractivity contribution in [1.82, 2.24) is 5.32 Å². The van der Waals surface area contributed by atoms with Crippen LogP contribution in [0.1, 0.15) is 31.9 Å². The Kier molecular flexibility index (Phi) is 5.80. The largest absolute Gasteiger partial charge is 0.481 e. The van der Waals surface area contributed by atoms with Crippen molar-refractivity contribution in [3.63, 3.8) is 0 Å². The Hall–Kier alpha value is -2.82. The van der Waals surface area contributed by atoms with Crippen molar-refractivity contribution in [2.75, 3.05) is 4.90 Å². The second kappa shape index (κ2) is 7.83. The lowest BCUT2D eigenvalue weighted by Crippen LogP contribution is -2.48. The Labute approximate surface area is 148 Å². The van der Waals surface area contributed by atoms with E-state index >= 15 is 0 Å². The van der Waals surface area contributed by atoms with Crippen LogP contribution in [0.2, 0.25) is 0 Å². The molecule has 2 aromatic rings. The van der Waals surface area contributed by atoms with Crippen molar-refractivity contribution in [3.8, 4) is 0 Å². The van der Waals surface area contributed by atoms with Crippen LogP contribution in [0.4, 0.5) is 10.5 Å². The molecule has 0 spiro atoms. The number of carbonyl (C=O) groups is 2. The summed E-state index contributed by atoms with van der Waals surface area (Å²) in [6, 6.07) is 16.6. The molecular weight excluding hydrogens is 316 g/mol. The molecule has 0 fully saturated rings. The molecular formula is C20H24N2O3. The van der Waals surface area contributed by atoms with Crippen molar-refractivity contribution in [1.29, 1.82) is 0 Å². The molecule has 0 aromatic heterocycles. The summed E-state index contributed by atoms with van der Waals surface area (Å²) in [4.78, 5) is 25.2. The second-order valence-electron chi connectivity index (χ2n) is 6.99. The third-order valence-corrected chi connectivity index (χ3v) is 3.51. The number of anilines is 1. The number of benzene rings is 2. The normalized spacial score (nSPS) is 11.0. The third-order valence-electron chi connectivity index (χ3n) is 3.51. The molecule has 5 nitrogen and oxygen atoms in total. The van der Waals surface area contributed by atoms with Crippen LogP contribution in [0.3, 0.4) is 0 Å². The first-order valence-corrected chi connectivity index (χ1v) is 8.19. The molecule has 0 aliphatic rings. The van der Waals surface area contributed by atoms with E-state index in [1.807, 2.05) is 51.1 Å². The van der Waals surface area contributed by atoms with E-state index in [0.717, 1.165) is 11.3 Å². The predicted octanol–water partition coefficient (Wildman–Crippen LogP) is 3.83. The molecule has 0 saturated heterocycles. The van der Waals surface area contributed by atoms with E-state index in [1.165, 1.54) is 0 Å². The predicted molar refractivity (Wildman–Crippen MR) is 98.7 cm³/mol. The van der Waals surface area contributed by atoms with E-state index in [1.54, 1.807) is 29.2 Å². The van der Waals surface area contributed by atoms with E-state index in [2.05, 4.69) is 5.32 Å². The summed E-state index contributed by atoms with van der Waals surface area (Å²) >= 11 is 0. The third kappa shape index (κ3) is 5.95. The van der Waals surface area contributed by atoms with Gasteiger partial charge in [0.25, 0.3) is 0 Å². The minimum atomic E-state index is -0.876. The Bertz CT molecular complexity index is 719. The number of nitrogens with one attached hydrogen (secondary N) is 1. The van der Waals surface area contributed by atoms with E-state index in [-0.39, 0.29) is 18.0 Å². The first-order chi connectivity index (χ1) is 11.7. The lowest BCUT2D eigenvalue weighted by Gasteiger charge is -2.29. The minimum Gasteiger partial charge on any atom is -0.481 e. The average Bonchev–Trinajstić information content (AvgIpc) is 2.52. The van der Waals surface area contributed by atoms with Crippen molar-refractivity contribution >= 4 is 17.7 Å². The molecule has 2 rings (SSSR count). The Morgan fingerprint density at radius 3 is 2.08 bits per heavy atom. The summed E-state index contributed by atoms with van der Waals surface area (Å²) < 4.78 is 0. The molecule has 132 valence electrons. The highest BCUT2D eigenvalue weighted by atomic mass is 16.4. The molecule has 0 radical (unpaired) electrons. The molecule has 0 unspecified atom stereocenters. The Balaban J connectivity index is 2.27. The number of rotatable bonds is 5. The molecule has 2 N–H and O–H groups in total. The molecule has 0 atom stereocenters. The molecule has 0 heterocycles. The van der Waals surface area contributed by atoms with Crippen molar-refractivity contribution in [2.45, 2.75) is 39.3 Å². The quantitative estimate of drug-likeness (QED) is 0.869. The van der Waals surface area contributed by atoms with Gasteiger partial charge in [0.05, 0.1) is 13.0 Å². The fraction of sp³-hybridized carbons (Fsp3) is 0.300. The molecule has 0 bridgehead atoms. The first kappa shape index (κ1) is 18.5. The van der Waals surface area contributed by atoms with E-state index in [0.29, 0.717) is 12.1 Å². The number of carbonyl (C=O) groups excluding carboxylic acids is 1. The summed E-state index contributed by atoms with van der Waals surface area (Å²) in [6.07, 6.45) is -0.0346.